The number of ether oxygens (including phenoxy) is 3. The van der Waals surface area contributed by atoms with Gasteiger partial charge in [0.25, 0.3) is 11.6 Å². The Hall–Kier alpha value is -5.39. The third kappa shape index (κ3) is 4.89. The smallest absolute Gasteiger partial charge is 0.269 e. The molecule has 1 atom stereocenters. The molecule has 12 heteroatoms. The number of methoxy groups -OCH3 is 3. The molecule has 2 N–H and O–H groups in total. The number of amides is 1. The molecule has 0 saturated carbocycles. The lowest BCUT2D eigenvalue weighted by atomic mass is 9.94. The van der Waals surface area contributed by atoms with Gasteiger partial charge in [-0.25, -0.2) is 4.68 Å². The second kappa shape index (κ2) is 10.8. The maximum Gasteiger partial charge on any atom is 0.269 e. The van der Waals surface area contributed by atoms with Crippen molar-refractivity contribution in [1.29, 1.82) is 0 Å². The third-order valence-electron chi connectivity index (χ3n) is 6.46. The standard InChI is InChI=1S/C28H26N6O6/c1-16-24(27(35)30-22-10-5-6-11-23(22)40-4)25(17-8-7-9-19(12-17)34(36)37)33-28(29-16)31-26(32-33)18-13-20(38-2)15-21(14-18)39-3/h5-15,25H,1-4H3,(H,30,35)(H,29,31,32). The van der Waals surface area contributed by atoms with Gasteiger partial charge in [0.1, 0.15) is 23.3 Å². The fourth-order valence-corrected chi connectivity index (χ4v) is 4.56. The highest BCUT2D eigenvalue weighted by atomic mass is 16.6. The van der Waals surface area contributed by atoms with E-state index in [4.69, 9.17) is 19.3 Å². The number of para-hydroxylation sites is 2. The molecular weight excluding hydrogens is 516 g/mol. The summed E-state index contributed by atoms with van der Waals surface area (Å²) in [5.74, 6) is 1.86. The van der Waals surface area contributed by atoms with E-state index in [1.165, 1.54) is 19.2 Å². The zero-order chi connectivity index (χ0) is 28.4. The summed E-state index contributed by atoms with van der Waals surface area (Å²) in [6, 6.07) is 17.6. The Morgan fingerprint density at radius 1 is 1.00 bits per heavy atom. The van der Waals surface area contributed by atoms with Gasteiger partial charge in [-0.15, -0.1) is 5.10 Å². The highest BCUT2D eigenvalue weighted by molar-refractivity contribution is 6.06. The molecule has 0 fully saturated rings. The lowest BCUT2D eigenvalue weighted by Gasteiger charge is -2.28. The second-order valence-electron chi connectivity index (χ2n) is 8.88. The number of rotatable bonds is 8. The normalized spacial score (nSPS) is 14.2. The minimum Gasteiger partial charge on any atom is -0.497 e. The average molecular weight is 543 g/mol. The van der Waals surface area contributed by atoms with Gasteiger partial charge in [-0.3, -0.25) is 14.9 Å². The van der Waals surface area contributed by atoms with Crippen LogP contribution < -0.4 is 24.8 Å². The first-order valence-corrected chi connectivity index (χ1v) is 12.2. The van der Waals surface area contributed by atoms with Crippen molar-refractivity contribution in [3.05, 3.63) is 93.7 Å². The molecule has 1 aliphatic heterocycles. The molecular formula is C28H26N6O6. The van der Waals surface area contributed by atoms with Crippen LogP contribution in [0.2, 0.25) is 0 Å². The van der Waals surface area contributed by atoms with E-state index in [1.54, 1.807) is 80.4 Å². The van der Waals surface area contributed by atoms with Crippen LogP contribution >= 0.6 is 0 Å². The van der Waals surface area contributed by atoms with Gasteiger partial charge in [0.15, 0.2) is 5.82 Å². The van der Waals surface area contributed by atoms with Gasteiger partial charge in [0, 0.05) is 29.5 Å². The Balaban J connectivity index is 1.64. The molecule has 12 nitrogen and oxygen atoms in total. The Morgan fingerprint density at radius 3 is 2.40 bits per heavy atom. The lowest BCUT2D eigenvalue weighted by Crippen LogP contribution is -2.31. The summed E-state index contributed by atoms with van der Waals surface area (Å²) in [6.45, 7) is 1.74. The molecule has 0 bridgehead atoms. The highest BCUT2D eigenvalue weighted by Gasteiger charge is 2.35. The van der Waals surface area contributed by atoms with Gasteiger partial charge in [-0.1, -0.05) is 24.3 Å². The molecule has 1 aliphatic rings. The van der Waals surface area contributed by atoms with Crippen LogP contribution in [0.4, 0.5) is 17.3 Å². The number of allylic oxidation sites excluding steroid dienone is 1. The summed E-state index contributed by atoms with van der Waals surface area (Å²) in [5.41, 5.74) is 2.29. The average Bonchev–Trinajstić information content (AvgIpc) is 3.40. The van der Waals surface area contributed by atoms with E-state index in [0.29, 0.717) is 57.1 Å². The zero-order valence-corrected chi connectivity index (χ0v) is 22.2. The number of nitro groups is 1. The molecule has 2 heterocycles. The van der Waals surface area contributed by atoms with Crippen LogP contribution in [0.1, 0.15) is 18.5 Å². The lowest BCUT2D eigenvalue weighted by molar-refractivity contribution is -0.384. The van der Waals surface area contributed by atoms with Crippen molar-refractivity contribution < 1.29 is 23.9 Å². The van der Waals surface area contributed by atoms with Gasteiger partial charge in [-0.2, -0.15) is 4.98 Å². The Labute approximate surface area is 229 Å². The molecule has 40 heavy (non-hydrogen) atoms. The number of nitrogens with one attached hydrogen (secondary N) is 2. The number of anilines is 2. The Morgan fingerprint density at radius 2 is 1.73 bits per heavy atom. The second-order valence-corrected chi connectivity index (χ2v) is 8.88. The number of carbonyl (C=O) groups excluding carboxylic acids is 1. The topological polar surface area (TPSA) is 143 Å². The minimum absolute atomic E-state index is 0.113. The molecule has 3 aromatic carbocycles. The summed E-state index contributed by atoms with van der Waals surface area (Å²) in [5, 5.41) is 22.4. The van der Waals surface area contributed by atoms with Crippen LogP contribution in [0.3, 0.4) is 0 Å². The van der Waals surface area contributed by atoms with Crippen molar-refractivity contribution in [2.75, 3.05) is 32.0 Å². The summed E-state index contributed by atoms with van der Waals surface area (Å²) in [4.78, 5) is 29.6. The first kappa shape index (κ1) is 26.2. The van der Waals surface area contributed by atoms with E-state index >= 15 is 0 Å². The number of fused-ring (bicyclic) bond motifs is 1. The highest BCUT2D eigenvalue weighted by Crippen LogP contribution is 2.39. The molecule has 204 valence electrons. The van der Waals surface area contributed by atoms with Crippen molar-refractivity contribution in [3.63, 3.8) is 0 Å². The molecule has 5 rings (SSSR count). The van der Waals surface area contributed by atoms with Crippen molar-refractivity contribution in [1.82, 2.24) is 14.8 Å². The van der Waals surface area contributed by atoms with E-state index < -0.39 is 16.9 Å². The maximum absolute atomic E-state index is 13.8. The summed E-state index contributed by atoms with van der Waals surface area (Å²) < 4.78 is 17.7. The van der Waals surface area contributed by atoms with Gasteiger partial charge in [-0.05, 0) is 36.8 Å². The zero-order valence-electron chi connectivity index (χ0n) is 22.2. The van der Waals surface area contributed by atoms with Crippen LogP contribution in [-0.2, 0) is 4.79 Å². The number of aromatic nitrogens is 3. The molecule has 0 radical (unpaired) electrons. The SMILES string of the molecule is COc1cc(OC)cc(-c2nc3n(n2)C(c2cccc([N+](=O)[O-])c2)C(C(=O)Nc2ccccc2OC)=C(C)N3)c1. The largest absolute Gasteiger partial charge is 0.497 e. The number of carbonyl (C=O) groups is 1. The van der Waals surface area contributed by atoms with E-state index in [0.717, 1.165) is 0 Å². The van der Waals surface area contributed by atoms with Crippen LogP contribution in [0.5, 0.6) is 17.2 Å². The fourth-order valence-electron chi connectivity index (χ4n) is 4.56. The number of nitro benzene ring substituents is 1. The summed E-state index contributed by atoms with van der Waals surface area (Å²) in [7, 11) is 4.61. The molecule has 4 aromatic rings. The monoisotopic (exact) mass is 542 g/mol. The predicted molar refractivity (Wildman–Crippen MR) is 148 cm³/mol. The number of nitrogens with zero attached hydrogens (tertiary/aromatic N) is 4. The molecule has 0 saturated heterocycles. The van der Waals surface area contributed by atoms with Crippen LogP contribution in [0.15, 0.2) is 78.0 Å². The van der Waals surface area contributed by atoms with E-state index in [-0.39, 0.29) is 5.69 Å². The van der Waals surface area contributed by atoms with Gasteiger partial charge >= 0.3 is 0 Å². The number of hydrogen-bond donors (Lipinski definition) is 2. The van der Waals surface area contributed by atoms with Crippen molar-refractivity contribution >= 4 is 23.2 Å². The number of hydrogen-bond acceptors (Lipinski definition) is 9. The molecule has 1 aromatic heterocycles. The molecule has 0 aliphatic carbocycles. The van der Waals surface area contributed by atoms with Crippen molar-refractivity contribution in [3.8, 4) is 28.6 Å². The van der Waals surface area contributed by atoms with Crippen molar-refractivity contribution in [2.24, 2.45) is 0 Å². The first-order chi connectivity index (χ1) is 19.3. The summed E-state index contributed by atoms with van der Waals surface area (Å²) in [6.07, 6.45) is 0. The minimum atomic E-state index is -0.834. The summed E-state index contributed by atoms with van der Waals surface area (Å²) >= 11 is 0. The molecule has 1 unspecified atom stereocenters. The first-order valence-electron chi connectivity index (χ1n) is 12.2. The number of benzene rings is 3. The van der Waals surface area contributed by atoms with Crippen LogP contribution in [0.25, 0.3) is 11.4 Å². The van der Waals surface area contributed by atoms with E-state index in [2.05, 4.69) is 15.6 Å². The maximum atomic E-state index is 13.8. The Kier molecular flexibility index (Phi) is 7.06. The third-order valence-corrected chi connectivity index (χ3v) is 6.46. The fraction of sp³-hybridized carbons (Fsp3) is 0.179. The Bertz CT molecular complexity index is 1620. The van der Waals surface area contributed by atoms with Gasteiger partial charge in [0.2, 0.25) is 5.95 Å². The van der Waals surface area contributed by atoms with Gasteiger partial charge < -0.3 is 24.8 Å². The predicted octanol–water partition coefficient (Wildman–Crippen LogP) is 4.81. The van der Waals surface area contributed by atoms with E-state index in [9.17, 15) is 14.9 Å². The van der Waals surface area contributed by atoms with Crippen molar-refractivity contribution in [2.45, 2.75) is 13.0 Å². The van der Waals surface area contributed by atoms with Crippen LogP contribution in [0, 0.1) is 10.1 Å². The quantitative estimate of drug-likeness (QED) is 0.237. The molecule has 0 spiro atoms. The molecule has 1 amide bonds. The number of non-ortho nitro benzene ring substituents is 1. The van der Waals surface area contributed by atoms with Gasteiger partial charge in [0.05, 0.1) is 37.5 Å². The van der Waals surface area contributed by atoms with E-state index in [1.807, 2.05) is 0 Å². The van der Waals surface area contributed by atoms with Crippen LogP contribution in [-0.4, -0.2) is 46.9 Å².